The summed E-state index contributed by atoms with van der Waals surface area (Å²) in [5.74, 6) is -0.128. The van der Waals surface area contributed by atoms with Crippen LogP contribution in [0.2, 0.25) is 0 Å². The summed E-state index contributed by atoms with van der Waals surface area (Å²) in [7, 11) is 0. The molecule has 0 spiro atoms. The van der Waals surface area contributed by atoms with Crippen LogP contribution in [-0.4, -0.2) is 5.91 Å². The Labute approximate surface area is 130 Å². The van der Waals surface area contributed by atoms with Gasteiger partial charge in [-0.2, -0.15) is 5.26 Å². The average molecular weight is 308 g/mol. The Kier molecular flexibility index (Phi) is 3.47. The molecular formula is C17H12N2O4. The minimum atomic E-state index is -0.750. The molecule has 0 aliphatic carbocycles. The Morgan fingerprint density at radius 3 is 2.70 bits per heavy atom. The van der Waals surface area contributed by atoms with Crippen LogP contribution in [0.15, 0.2) is 44.0 Å². The number of amides is 1. The highest BCUT2D eigenvalue weighted by atomic mass is 16.4. The van der Waals surface area contributed by atoms with Crippen molar-refractivity contribution in [2.75, 3.05) is 5.32 Å². The quantitative estimate of drug-likeness (QED) is 0.734. The minimum absolute atomic E-state index is 0.0278. The zero-order valence-electron chi connectivity index (χ0n) is 12.5. The van der Waals surface area contributed by atoms with Crippen molar-refractivity contribution in [3.8, 4) is 6.07 Å². The number of furan rings is 1. The van der Waals surface area contributed by atoms with Gasteiger partial charge in [-0.25, -0.2) is 4.79 Å². The van der Waals surface area contributed by atoms with Gasteiger partial charge >= 0.3 is 5.63 Å². The summed E-state index contributed by atoms with van der Waals surface area (Å²) in [6.45, 7) is 3.41. The molecule has 3 aromatic rings. The molecule has 0 atom stereocenters. The normalized spacial score (nSPS) is 10.5. The Bertz CT molecular complexity index is 1020. The molecule has 2 heterocycles. The Morgan fingerprint density at radius 2 is 1.96 bits per heavy atom. The average Bonchev–Trinajstić information content (AvgIpc) is 2.80. The van der Waals surface area contributed by atoms with E-state index in [1.807, 2.05) is 6.07 Å². The number of hydrogen-bond acceptors (Lipinski definition) is 5. The maximum Gasteiger partial charge on any atom is 0.349 e. The number of aryl methyl sites for hydroxylation is 1. The van der Waals surface area contributed by atoms with Gasteiger partial charge in [0.05, 0.1) is 0 Å². The molecule has 1 aromatic carbocycles. The first-order valence-electron chi connectivity index (χ1n) is 6.85. The number of nitrogens with one attached hydrogen (secondary N) is 1. The van der Waals surface area contributed by atoms with Crippen LogP contribution in [0.4, 0.5) is 5.88 Å². The molecule has 0 saturated carbocycles. The van der Waals surface area contributed by atoms with Crippen molar-refractivity contribution in [1.82, 2.24) is 0 Å². The molecule has 23 heavy (non-hydrogen) atoms. The fourth-order valence-electron chi connectivity index (χ4n) is 2.24. The molecule has 0 saturated heterocycles. The van der Waals surface area contributed by atoms with Gasteiger partial charge in [0.15, 0.2) is 0 Å². The van der Waals surface area contributed by atoms with Crippen LogP contribution in [0.25, 0.3) is 11.0 Å². The fraction of sp³-hybridized carbons (Fsp3) is 0.118. The number of fused-ring (bicyclic) bond motifs is 1. The highest BCUT2D eigenvalue weighted by molar-refractivity contribution is 6.05. The van der Waals surface area contributed by atoms with E-state index in [2.05, 4.69) is 5.32 Å². The van der Waals surface area contributed by atoms with Crippen molar-refractivity contribution in [2.24, 2.45) is 0 Å². The lowest BCUT2D eigenvalue weighted by Crippen LogP contribution is -2.20. The molecule has 0 radical (unpaired) electrons. The fourth-order valence-corrected chi connectivity index (χ4v) is 2.24. The zero-order valence-corrected chi connectivity index (χ0v) is 12.5. The number of carbonyl (C=O) groups is 1. The third-order valence-corrected chi connectivity index (χ3v) is 3.61. The first-order valence-corrected chi connectivity index (χ1v) is 6.85. The van der Waals surface area contributed by atoms with E-state index >= 15 is 0 Å². The maximum atomic E-state index is 12.3. The summed E-state index contributed by atoms with van der Waals surface area (Å²) in [5, 5.41) is 12.2. The monoisotopic (exact) mass is 308 g/mol. The van der Waals surface area contributed by atoms with Crippen LogP contribution in [0, 0.1) is 25.2 Å². The summed E-state index contributed by atoms with van der Waals surface area (Å²) in [5.41, 5.74) is 0.379. The minimum Gasteiger partial charge on any atom is -0.444 e. The maximum absolute atomic E-state index is 12.3. The molecule has 0 aliphatic rings. The van der Waals surface area contributed by atoms with E-state index in [0.29, 0.717) is 22.3 Å². The first-order chi connectivity index (χ1) is 11.0. The van der Waals surface area contributed by atoms with Crippen molar-refractivity contribution in [1.29, 1.82) is 5.26 Å². The second-order valence-corrected chi connectivity index (χ2v) is 5.04. The van der Waals surface area contributed by atoms with Crippen molar-refractivity contribution in [3.05, 3.63) is 63.2 Å². The number of nitriles is 1. The van der Waals surface area contributed by atoms with Gasteiger partial charge in [-0.15, -0.1) is 0 Å². The molecule has 0 fully saturated rings. The van der Waals surface area contributed by atoms with Crippen molar-refractivity contribution >= 4 is 22.8 Å². The van der Waals surface area contributed by atoms with Gasteiger partial charge in [-0.3, -0.25) is 10.1 Å². The van der Waals surface area contributed by atoms with E-state index in [4.69, 9.17) is 14.1 Å². The van der Waals surface area contributed by atoms with Crippen LogP contribution in [0.3, 0.4) is 0 Å². The highest BCUT2D eigenvalue weighted by Gasteiger charge is 2.20. The molecule has 6 heteroatoms. The van der Waals surface area contributed by atoms with E-state index in [9.17, 15) is 9.59 Å². The number of hydrogen-bond donors (Lipinski definition) is 1. The molecule has 3 rings (SSSR count). The van der Waals surface area contributed by atoms with E-state index in [1.165, 1.54) is 6.07 Å². The van der Waals surface area contributed by atoms with Crippen molar-refractivity contribution in [3.63, 3.8) is 0 Å². The molecule has 1 amide bonds. The number of nitrogens with zero attached hydrogens (tertiary/aromatic N) is 1. The van der Waals surface area contributed by atoms with Crippen LogP contribution in [0.5, 0.6) is 0 Å². The first kappa shape index (κ1) is 14.6. The number of anilines is 1. The highest BCUT2D eigenvalue weighted by Crippen LogP contribution is 2.25. The summed E-state index contributed by atoms with van der Waals surface area (Å²) in [6.07, 6.45) is 0. The van der Waals surface area contributed by atoms with Gasteiger partial charge in [0, 0.05) is 10.9 Å². The van der Waals surface area contributed by atoms with Crippen LogP contribution in [-0.2, 0) is 0 Å². The van der Waals surface area contributed by atoms with Gasteiger partial charge in [0.25, 0.3) is 5.91 Å². The van der Waals surface area contributed by atoms with Crippen LogP contribution >= 0.6 is 0 Å². The topological polar surface area (TPSA) is 96.2 Å². The smallest absolute Gasteiger partial charge is 0.349 e. The summed E-state index contributed by atoms with van der Waals surface area (Å²) >= 11 is 0. The molecule has 114 valence electrons. The standard InChI is InChI=1S/C17H12N2O4/c1-9-10(2)22-16(13(9)8-18)19-15(20)12-7-11-5-3-4-6-14(11)23-17(12)21/h3-7H,1-2H3,(H,19,20). The third kappa shape index (κ3) is 2.49. The number of rotatable bonds is 2. The molecule has 0 aliphatic heterocycles. The van der Waals surface area contributed by atoms with Gasteiger partial charge in [0.1, 0.15) is 28.5 Å². The summed E-state index contributed by atoms with van der Waals surface area (Å²) in [6, 6.07) is 10.3. The van der Waals surface area contributed by atoms with Gasteiger partial charge in [0.2, 0.25) is 5.88 Å². The number of carbonyl (C=O) groups excluding carboxylic acids is 1. The van der Waals surface area contributed by atoms with Gasteiger partial charge < -0.3 is 8.83 Å². The Hall–Kier alpha value is -3.33. The second kappa shape index (κ2) is 5.46. The molecule has 1 N–H and O–H groups in total. The van der Waals surface area contributed by atoms with Crippen molar-refractivity contribution in [2.45, 2.75) is 13.8 Å². The molecule has 0 bridgehead atoms. The molecule has 2 aromatic heterocycles. The van der Waals surface area contributed by atoms with E-state index in [0.717, 1.165) is 0 Å². The number of para-hydroxylation sites is 1. The van der Waals surface area contributed by atoms with E-state index in [-0.39, 0.29) is 17.0 Å². The lowest BCUT2D eigenvalue weighted by Gasteiger charge is -2.03. The molecule has 6 nitrogen and oxygen atoms in total. The Balaban J connectivity index is 2.02. The summed E-state index contributed by atoms with van der Waals surface area (Å²) in [4.78, 5) is 24.3. The summed E-state index contributed by atoms with van der Waals surface area (Å²) < 4.78 is 10.5. The van der Waals surface area contributed by atoms with Crippen LogP contribution < -0.4 is 10.9 Å². The SMILES string of the molecule is Cc1oc(NC(=O)c2cc3ccccc3oc2=O)c(C#N)c1C. The Morgan fingerprint density at radius 1 is 1.22 bits per heavy atom. The lowest BCUT2D eigenvalue weighted by atomic mass is 10.1. The largest absolute Gasteiger partial charge is 0.444 e. The predicted octanol–water partition coefficient (Wildman–Crippen LogP) is 3.13. The van der Waals surface area contributed by atoms with E-state index in [1.54, 1.807) is 38.1 Å². The van der Waals surface area contributed by atoms with Gasteiger partial charge in [-0.1, -0.05) is 18.2 Å². The van der Waals surface area contributed by atoms with Crippen LogP contribution in [0.1, 0.15) is 27.2 Å². The molecule has 0 unspecified atom stereocenters. The van der Waals surface area contributed by atoms with Gasteiger partial charge in [-0.05, 0) is 26.0 Å². The van der Waals surface area contributed by atoms with Crippen molar-refractivity contribution < 1.29 is 13.6 Å². The lowest BCUT2D eigenvalue weighted by molar-refractivity contribution is 0.102. The second-order valence-electron chi connectivity index (χ2n) is 5.04. The zero-order chi connectivity index (χ0) is 16.6. The van der Waals surface area contributed by atoms with E-state index < -0.39 is 11.5 Å². The molecular weight excluding hydrogens is 296 g/mol. The predicted molar refractivity (Wildman–Crippen MR) is 83.3 cm³/mol. The number of benzene rings is 1. The third-order valence-electron chi connectivity index (χ3n) is 3.61.